The monoisotopic (exact) mass is 290 g/mol. The zero-order valence-corrected chi connectivity index (χ0v) is 12.8. The van der Waals surface area contributed by atoms with E-state index >= 15 is 0 Å². The topological polar surface area (TPSA) is 58.6 Å². The Labute approximate surface area is 125 Å². The second-order valence-electron chi connectivity index (χ2n) is 6.17. The van der Waals surface area contributed by atoms with Crippen LogP contribution in [0.5, 0.6) is 0 Å². The zero-order valence-electron chi connectivity index (χ0n) is 12.8. The number of rotatable bonds is 2. The van der Waals surface area contributed by atoms with Gasteiger partial charge in [0.1, 0.15) is 11.6 Å². The number of anilines is 1. The predicted molar refractivity (Wildman–Crippen MR) is 81.2 cm³/mol. The van der Waals surface area contributed by atoms with Crippen molar-refractivity contribution < 1.29 is 14.3 Å². The van der Waals surface area contributed by atoms with Gasteiger partial charge in [-0.25, -0.2) is 4.79 Å². The summed E-state index contributed by atoms with van der Waals surface area (Å²) < 4.78 is 5.21. The van der Waals surface area contributed by atoms with Crippen LogP contribution in [-0.4, -0.2) is 30.2 Å². The second-order valence-corrected chi connectivity index (χ2v) is 6.17. The first-order chi connectivity index (χ1) is 9.87. The molecule has 1 aliphatic rings. The van der Waals surface area contributed by atoms with E-state index in [9.17, 15) is 9.59 Å². The molecule has 2 rings (SSSR count). The molecule has 1 heterocycles. The first-order valence-electron chi connectivity index (χ1n) is 7.23. The van der Waals surface area contributed by atoms with Gasteiger partial charge < -0.3 is 15.0 Å². The molecule has 0 radical (unpaired) electrons. The third kappa shape index (κ3) is 4.21. The molecule has 114 valence electrons. The summed E-state index contributed by atoms with van der Waals surface area (Å²) in [4.78, 5) is 26.0. The van der Waals surface area contributed by atoms with Crippen molar-refractivity contribution in [1.29, 1.82) is 0 Å². The second kappa shape index (κ2) is 6.16. The summed E-state index contributed by atoms with van der Waals surface area (Å²) in [6.07, 6.45) is 0.943. The Morgan fingerprint density at radius 3 is 2.57 bits per heavy atom. The standard InChI is InChI=1S/C16H22N2O3/c1-16(2,3)21-15(20)17-13-10-7-11-18(14(13)19)12-8-5-4-6-9-12/h4-6,8-9,13H,7,10-11H2,1-3H3,(H,17,20)/t13-/m0/s1. The molecule has 1 saturated heterocycles. The molecule has 1 atom stereocenters. The van der Waals surface area contributed by atoms with Crippen molar-refractivity contribution in [2.45, 2.75) is 45.3 Å². The Balaban J connectivity index is 2.02. The van der Waals surface area contributed by atoms with E-state index in [2.05, 4.69) is 5.32 Å². The summed E-state index contributed by atoms with van der Waals surface area (Å²) in [5, 5.41) is 2.67. The Morgan fingerprint density at radius 2 is 1.95 bits per heavy atom. The van der Waals surface area contributed by atoms with Gasteiger partial charge in [0, 0.05) is 12.2 Å². The summed E-state index contributed by atoms with van der Waals surface area (Å²) in [6.45, 7) is 6.07. The lowest BCUT2D eigenvalue weighted by Crippen LogP contribution is -2.53. The molecular formula is C16H22N2O3. The van der Waals surface area contributed by atoms with Crippen LogP contribution in [0.25, 0.3) is 0 Å². The highest BCUT2D eigenvalue weighted by Gasteiger charge is 2.31. The third-order valence-electron chi connectivity index (χ3n) is 3.20. The molecule has 0 aromatic heterocycles. The van der Waals surface area contributed by atoms with Gasteiger partial charge in [-0.15, -0.1) is 0 Å². The maximum atomic E-state index is 12.5. The van der Waals surface area contributed by atoms with Crippen molar-refractivity contribution >= 4 is 17.7 Å². The number of carbonyl (C=O) groups is 2. The molecular weight excluding hydrogens is 268 g/mol. The van der Waals surface area contributed by atoms with Gasteiger partial charge in [-0.3, -0.25) is 4.79 Å². The molecule has 0 spiro atoms. The molecule has 1 aromatic rings. The van der Waals surface area contributed by atoms with Crippen LogP contribution in [0.1, 0.15) is 33.6 Å². The average molecular weight is 290 g/mol. The number of hydrogen-bond acceptors (Lipinski definition) is 3. The van der Waals surface area contributed by atoms with E-state index in [0.29, 0.717) is 13.0 Å². The molecule has 1 N–H and O–H groups in total. The maximum absolute atomic E-state index is 12.5. The van der Waals surface area contributed by atoms with Gasteiger partial charge in [-0.1, -0.05) is 18.2 Å². The number of hydrogen-bond donors (Lipinski definition) is 1. The lowest BCUT2D eigenvalue weighted by Gasteiger charge is -2.33. The van der Waals surface area contributed by atoms with Crippen LogP contribution in [0.2, 0.25) is 0 Å². The number of para-hydroxylation sites is 1. The normalized spacial score (nSPS) is 19.3. The van der Waals surface area contributed by atoms with Crippen molar-refractivity contribution in [3.63, 3.8) is 0 Å². The SMILES string of the molecule is CC(C)(C)OC(=O)N[C@H]1CCCN(c2ccccc2)C1=O. The van der Waals surface area contributed by atoms with Crippen LogP contribution in [-0.2, 0) is 9.53 Å². The Hall–Kier alpha value is -2.04. The minimum atomic E-state index is -0.569. The van der Waals surface area contributed by atoms with Crippen molar-refractivity contribution in [3.05, 3.63) is 30.3 Å². The number of nitrogens with one attached hydrogen (secondary N) is 1. The first-order valence-corrected chi connectivity index (χ1v) is 7.23. The van der Waals surface area contributed by atoms with Gasteiger partial charge in [0.25, 0.3) is 0 Å². The fraction of sp³-hybridized carbons (Fsp3) is 0.500. The molecule has 0 unspecified atom stereocenters. The molecule has 5 nitrogen and oxygen atoms in total. The average Bonchev–Trinajstić information content (AvgIpc) is 2.40. The molecule has 0 aliphatic carbocycles. The molecule has 5 heteroatoms. The molecule has 2 amide bonds. The van der Waals surface area contributed by atoms with Crippen LogP contribution in [0.15, 0.2) is 30.3 Å². The highest BCUT2D eigenvalue weighted by Crippen LogP contribution is 2.21. The number of ether oxygens (including phenoxy) is 1. The van der Waals surface area contributed by atoms with Gasteiger partial charge in [0.05, 0.1) is 0 Å². The van der Waals surface area contributed by atoms with E-state index in [1.807, 2.05) is 30.3 Å². The van der Waals surface area contributed by atoms with E-state index in [-0.39, 0.29) is 5.91 Å². The van der Waals surface area contributed by atoms with E-state index in [1.165, 1.54) is 0 Å². The van der Waals surface area contributed by atoms with Crippen molar-refractivity contribution in [3.8, 4) is 0 Å². The zero-order chi connectivity index (χ0) is 15.5. The van der Waals surface area contributed by atoms with Crippen molar-refractivity contribution in [2.24, 2.45) is 0 Å². The van der Waals surface area contributed by atoms with Gasteiger partial charge >= 0.3 is 6.09 Å². The predicted octanol–water partition coefficient (Wildman–Crippen LogP) is 2.71. The van der Waals surface area contributed by atoms with Gasteiger partial charge in [-0.05, 0) is 45.7 Å². The lowest BCUT2D eigenvalue weighted by atomic mass is 10.0. The number of carbonyl (C=O) groups excluding carboxylic acids is 2. The molecule has 1 fully saturated rings. The Bertz CT molecular complexity index is 508. The Kier molecular flexibility index (Phi) is 4.50. The summed E-state index contributed by atoms with van der Waals surface area (Å²) in [7, 11) is 0. The van der Waals surface area contributed by atoms with E-state index < -0.39 is 17.7 Å². The van der Waals surface area contributed by atoms with E-state index in [1.54, 1.807) is 25.7 Å². The summed E-state index contributed by atoms with van der Waals surface area (Å²) in [5.74, 6) is -0.0849. The fourth-order valence-corrected chi connectivity index (χ4v) is 2.32. The molecule has 0 saturated carbocycles. The van der Waals surface area contributed by atoms with E-state index in [4.69, 9.17) is 4.74 Å². The van der Waals surface area contributed by atoms with Gasteiger partial charge in [0.15, 0.2) is 0 Å². The number of nitrogens with zero attached hydrogens (tertiary/aromatic N) is 1. The first kappa shape index (κ1) is 15.4. The van der Waals surface area contributed by atoms with E-state index in [0.717, 1.165) is 12.1 Å². The molecule has 1 aromatic carbocycles. The molecule has 21 heavy (non-hydrogen) atoms. The maximum Gasteiger partial charge on any atom is 0.408 e. The molecule has 0 bridgehead atoms. The van der Waals surface area contributed by atoms with Crippen LogP contribution < -0.4 is 10.2 Å². The lowest BCUT2D eigenvalue weighted by molar-refractivity contribution is -0.121. The third-order valence-corrected chi connectivity index (χ3v) is 3.20. The van der Waals surface area contributed by atoms with Crippen LogP contribution in [0.3, 0.4) is 0 Å². The largest absolute Gasteiger partial charge is 0.444 e. The summed E-state index contributed by atoms with van der Waals surface area (Å²) >= 11 is 0. The number of benzene rings is 1. The highest BCUT2D eigenvalue weighted by atomic mass is 16.6. The number of piperidine rings is 1. The van der Waals surface area contributed by atoms with Crippen molar-refractivity contribution in [2.75, 3.05) is 11.4 Å². The fourth-order valence-electron chi connectivity index (χ4n) is 2.32. The minimum absolute atomic E-state index is 0.0849. The summed E-state index contributed by atoms with van der Waals surface area (Å²) in [6, 6.07) is 8.98. The number of alkyl carbamates (subject to hydrolysis) is 1. The quantitative estimate of drug-likeness (QED) is 0.911. The molecule has 1 aliphatic heterocycles. The Morgan fingerprint density at radius 1 is 1.29 bits per heavy atom. The van der Waals surface area contributed by atoms with Gasteiger partial charge in [0.2, 0.25) is 5.91 Å². The van der Waals surface area contributed by atoms with Crippen molar-refractivity contribution in [1.82, 2.24) is 5.32 Å². The summed E-state index contributed by atoms with van der Waals surface area (Å²) in [5.41, 5.74) is 0.291. The highest BCUT2D eigenvalue weighted by molar-refractivity contribution is 5.99. The smallest absolute Gasteiger partial charge is 0.408 e. The number of amides is 2. The van der Waals surface area contributed by atoms with Crippen LogP contribution in [0.4, 0.5) is 10.5 Å². The van der Waals surface area contributed by atoms with Gasteiger partial charge in [-0.2, -0.15) is 0 Å². The minimum Gasteiger partial charge on any atom is -0.444 e. The van der Waals surface area contributed by atoms with Crippen LogP contribution in [0, 0.1) is 0 Å². The van der Waals surface area contributed by atoms with Crippen LogP contribution >= 0.6 is 0 Å².